The van der Waals surface area contributed by atoms with Gasteiger partial charge in [-0.3, -0.25) is 14.9 Å². The van der Waals surface area contributed by atoms with E-state index in [4.69, 9.17) is 0 Å². The molecule has 96 valence electrons. The Morgan fingerprint density at radius 3 is 2.68 bits per heavy atom. The minimum absolute atomic E-state index is 0.0165. The SMILES string of the molecule is O=c1[nH]c(-c2ccc([N+](=O)[O-])cc2)nc2c1CSC2. The zero-order chi connectivity index (χ0) is 13.4. The smallest absolute Gasteiger partial charge is 0.269 e. The molecule has 0 bridgehead atoms. The molecule has 0 radical (unpaired) electrons. The van der Waals surface area contributed by atoms with Crippen LogP contribution in [0.25, 0.3) is 11.4 Å². The third kappa shape index (κ3) is 2.12. The summed E-state index contributed by atoms with van der Waals surface area (Å²) < 4.78 is 0. The minimum Gasteiger partial charge on any atom is -0.306 e. The van der Waals surface area contributed by atoms with Crippen LogP contribution < -0.4 is 5.56 Å². The molecule has 1 aliphatic rings. The van der Waals surface area contributed by atoms with E-state index in [1.807, 2.05) is 0 Å². The number of rotatable bonds is 2. The zero-order valence-corrected chi connectivity index (χ0v) is 10.6. The third-order valence-electron chi connectivity index (χ3n) is 2.94. The van der Waals surface area contributed by atoms with Crippen molar-refractivity contribution in [3.05, 3.63) is 56.0 Å². The van der Waals surface area contributed by atoms with Crippen LogP contribution in [-0.4, -0.2) is 14.9 Å². The molecule has 0 unspecified atom stereocenters. The molecule has 2 heterocycles. The Kier molecular flexibility index (Phi) is 2.83. The van der Waals surface area contributed by atoms with Gasteiger partial charge in [0.25, 0.3) is 11.2 Å². The first-order valence-electron chi connectivity index (χ1n) is 5.60. The highest BCUT2D eigenvalue weighted by molar-refractivity contribution is 7.98. The molecule has 7 heteroatoms. The number of hydrogen-bond donors (Lipinski definition) is 1. The lowest BCUT2D eigenvalue weighted by atomic mass is 10.2. The van der Waals surface area contributed by atoms with Gasteiger partial charge in [0.1, 0.15) is 5.82 Å². The predicted molar refractivity (Wildman–Crippen MR) is 71.9 cm³/mol. The lowest BCUT2D eigenvalue weighted by molar-refractivity contribution is -0.384. The Morgan fingerprint density at radius 1 is 1.26 bits per heavy atom. The standard InChI is InChI=1S/C12H9N3O3S/c16-12-9-5-19-6-10(9)13-11(14-12)7-1-3-8(4-2-7)15(17)18/h1-4H,5-6H2,(H,13,14,16). The summed E-state index contributed by atoms with van der Waals surface area (Å²) in [6, 6.07) is 5.98. The molecule has 1 aromatic carbocycles. The fraction of sp³-hybridized carbons (Fsp3) is 0.167. The molecule has 1 N–H and O–H groups in total. The summed E-state index contributed by atoms with van der Waals surface area (Å²) in [5, 5.41) is 10.6. The van der Waals surface area contributed by atoms with Crippen LogP contribution in [0.2, 0.25) is 0 Å². The van der Waals surface area contributed by atoms with Crippen molar-refractivity contribution < 1.29 is 4.92 Å². The Balaban J connectivity index is 2.05. The van der Waals surface area contributed by atoms with Gasteiger partial charge in [-0.2, -0.15) is 11.8 Å². The molecule has 0 atom stereocenters. The quantitative estimate of drug-likeness (QED) is 0.669. The molecule has 0 spiro atoms. The van der Waals surface area contributed by atoms with E-state index in [-0.39, 0.29) is 11.2 Å². The van der Waals surface area contributed by atoms with Gasteiger partial charge in [-0.1, -0.05) is 0 Å². The van der Waals surface area contributed by atoms with E-state index in [1.54, 1.807) is 23.9 Å². The third-order valence-corrected chi connectivity index (χ3v) is 3.91. The van der Waals surface area contributed by atoms with Crippen molar-refractivity contribution in [2.75, 3.05) is 0 Å². The maximum absolute atomic E-state index is 11.9. The summed E-state index contributed by atoms with van der Waals surface area (Å²) in [4.78, 5) is 29.1. The second-order valence-electron chi connectivity index (χ2n) is 4.14. The van der Waals surface area contributed by atoms with Gasteiger partial charge in [0, 0.05) is 34.8 Å². The Morgan fingerprint density at radius 2 is 2.00 bits per heavy atom. The number of nitrogens with zero attached hydrogens (tertiary/aromatic N) is 2. The molecule has 0 aliphatic carbocycles. The van der Waals surface area contributed by atoms with Gasteiger partial charge in [-0.15, -0.1) is 0 Å². The second-order valence-corrected chi connectivity index (χ2v) is 5.12. The highest BCUT2D eigenvalue weighted by atomic mass is 32.2. The Bertz CT molecular complexity index is 709. The maximum Gasteiger partial charge on any atom is 0.269 e. The molecule has 6 nitrogen and oxygen atoms in total. The van der Waals surface area contributed by atoms with Crippen LogP contribution in [-0.2, 0) is 11.5 Å². The highest BCUT2D eigenvalue weighted by Crippen LogP contribution is 2.27. The number of nitro benzene ring substituents is 1. The van der Waals surface area contributed by atoms with Gasteiger partial charge in [0.05, 0.1) is 10.6 Å². The second kappa shape index (κ2) is 4.51. The number of H-pyrrole nitrogens is 1. The zero-order valence-electron chi connectivity index (χ0n) is 9.75. The van der Waals surface area contributed by atoms with Crippen LogP contribution in [0.1, 0.15) is 11.3 Å². The Labute approximate surface area is 112 Å². The largest absolute Gasteiger partial charge is 0.306 e. The van der Waals surface area contributed by atoms with Crippen LogP contribution >= 0.6 is 11.8 Å². The highest BCUT2D eigenvalue weighted by Gasteiger charge is 2.18. The molecule has 1 aliphatic heterocycles. The van der Waals surface area contributed by atoms with E-state index in [0.29, 0.717) is 17.1 Å². The average molecular weight is 275 g/mol. The predicted octanol–water partition coefficient (Wildman–Crippen LogP) is 2.09. The number of hydrogen-bond acceptors (Lipinski definition) is 5. The first-order chi connectivity index (χ1) is 9.15. The lowest BCUT2D eigenvalue weighted by Gasteiger charge is -2.03. The first-order valence-corrected chi connectivity index (χ1v) is 6.75. The summed E-state index contributed by atoms with van der Waals surface area (Å²) in [7, 11) is 0. The number of aromatic amines is 1. The van der Waals surface area contributed by atoms with Crippen molar-refractivity contribution in [2.24, 2.45) is 0 Å². The molecule has 3 rings (SSSR count). The summed E-state index contributed by atoms with van der Waals surface area (Å²) in [5.41, 5.74) is 2.10. The van der Waals surface area contributed by atoms with E-state index in [9.17, 15) is 14.9 Å². The minimum atomic E-state index is -0.459. The molecule has 0 amide bonds. The van der Waals surface area contributed by atoms with E-state index in [1.165, 1.54) is 12.1 Å². The number of benzene rings is 1. The molecular formula is C12H9N3O3S. The summed E-state index contributed by atoms with van der Waals surface area (Å²) in [6.07, 6.45) is 0. The van der Waals surface area contributed by atoms with Crippen molar-refractivity contribution in [1.82, 2.24) is 9.97 Å². The summed E-state index contributed by atoms with van der Waals surface area (Å²) in [5.74, 6) is 1.89. The van der Waals surface area contributed by atoms with Gasteiger partial charge in [-0.25, -0.2) is 4.98 Å². The van der Waals surface area contributed by atoms with Crippen molar-refractivity contribution in [1.29, 1.82) is 0 Å². The first kappa shape index (κ1) is 11.9. The summed E-state index contributed by atoms with van der Waals surface area (Å²) >= 11 is 1.66. The number of non-ortho nitro benzene ring substituents is 1. The molecule has 0 saturated carbocycles. The molecule has 2 aromatic rings. The molecular weight excluding hydrogens is 266 g/mol. The van der Waals surface area contributed by atoms with Crippen LogP contribution in [0, 0.1) is 10.1 Å². The van der Waals surface area contributed by atoms with E-state index in [0.717, 1.165) is 17.0 Å². The molecule has 0 fully saturated rings. The molecule has 1 aromatic heterocycles. The Hall–Kier alpha value is -2.15. The van der Waals surface area contributed by atoms with Crippen LogP contribution in [0.15, 0.2) is 29.1 Å². The van der Waals surface area contributed by atoms with Crippen molar-refractivity contribution in [3.63, 3.8) is 0 Å². The number of thioether (sulfide) groups is 1. The van der Waals surface area contributed by atoms with Gasteiger partial charge in [0.2, 0.25) is 0 Å². The maximum atomic E-state index is 11.9. The lowest BCUT2D eigenvalue weighted by Crippen LogP contribution is -2.15. The number of nitrogens with one attached hydrogen (secondary N) is 1. The topological polar surface area (TPSA) is 88.9 Å². The van der Waals surface area contributed by atoms with E-state index in [2.05, 4.69) is 9.97 Å². The van der Waals surface area contributed by atoms with Gasteiger partial charge in [-0.05, 0) is 12.1 Å². The summed E-state index contributed by atoms with van der Waals surface area (Å²) in [6.45, 7) is 0. The van der Waals surface area contributed by atoms with Crippen LogP contribution in [0.4, 0.5) is 5.69 Å². The normalized spacial score (nSPS) is 13.3. The van der Waals surface area contributed by atoms with Crippen LogP contribution in [0.3, 0.4) is 0 Å². The van der Waals surface area contributed by atoms with E-state index >= 15 is 0 Å². The monoisotopic (exact) mass is 275 g/mol. The van der Waals surface area contributed by atoms with Crippen molar-refractivity contribution in [3.8, 4) is 11.4 Å². The molecule has 0 saturated heterocycles. The fourth-order valence-electron chi connectivity index (χ4n) is 1.94. The van der Waals surface area contributed by atoms with Gasteiger partial charge in [0.15, 0.2) is 0 Å². The molecule has 19 heavy (non-hydrogen) atoms. The van der Waals surface area contributed by atoms with Crippen molar-refractivity contribution >= 4 is 17.4 Å². The van der Waals surface area contributed by atoms with E-state index < -0.39 is 4.92 Å². The van der Waals surface area contributed by atoms with Gasteiger partial charge >= 0.3 is 0 Å². The fourth-order valence-corrected chi connectivity index (χ4v) is 2.98. The average Bonchev–Trinajstić information content (AvgIpc) is 2.87. The van der Waals surface area contributed by atoms with Gasteiger partial charge < -0.3 is 4.98 Å². The number of nitro groups is 1. The number of aromatic nitrogens is 2. The van der Waals surface area contributed by atoms with Crippen molar-refractivity contribution in [2.45, 2.75) is 11.5 Å². The van der Waals surface area contributed by atoms with Crippen LogP contribution in [0.5, 0.6) is 0 Å². The number of fused-ring (bicyclic) bond motifs is 1.